The highest BCUT2D eigenvalue weighted by Crippen LogP contribution is 2.36. The standard InChI is InChI=1S/C19H15F3N4O3S/c1-11-7-15(19(20,21)22)14(9-23)18(24-11)30-10-17(27)25-6-2-3-12-8-13(26(28)29)4-5-16(12)25/h4-5,7-8H,2-3,6,10H2,1H3. The van der Waals surface area contributed by atoms with Crippen molar-refractivity contribution in [3.05, 3.63) is 56.8 Å². The summed E-state index contributed by atoms with van der Waals surface area (Å²) in [4.78, 5) is 28.7. The number of carbonyl (C=O) groups excluding carboxylic acids is 1. The van der Waals surface area contributed by atoms with Crippen molar-refractivity contribution in [2.45, 2.75) is 31.0 Å². The summed E-state index contributed by atoms with van der Waals surface area (Å²) in [5, 5.41) is 20.0. The molecule has 30 heavy (non-hydrogen) atoms. The summed E-state index contributed by atoms with van der Waals surface area (Å²) in [6, 6.07) is 6.58. The summed E-state index contributed by atoms with van der Waals surface area (Å²) in [5.41, 5.74) is -0.457. The number of aryl methyl sites for hydroxylation is 2. The van der Waals surface area contributed by atoms with Gasteiger partial charge in [0.1, 0.15) is 11.1 Å². The third-order valence-electron chi connectivity index (χ3n) is 4.56. The second-order valence-corrected chi connectivity index (χ2v) is 7.57. The molecule has 0 bridgehead atoms. The number of nitrogens with zero attached hydrogens (tertiary/aromatic N) is 4. The number of hydrogen-bond acceptors (Lipinski definition) is 6. The molecule has 0 saturated carbocycles. The Morgan fingerprint density at radius 3 is 2.77 bits per heavy atom. The van der Waals surface area contributed by atoms with Crippen molar-refractivity contribution in [3.63, 3.8) is 0 Å². The third-order valence-corrected chi connectivity index (χ3v) is 5.52. The molecule has 0 unspecified atom stereocenters. The maximum absolute atomic E-state index is 13.2. The summed E-state index contributed by atoms with van der Waals surface area (Å²) in [6.07, 6.45) is -3.52. The molecular formula is C19H15F3N4O3S. The van der Waals surface area contributed by atoms with Crippen LogP contribution in [-0.4, -0.2) is 28.1 Å². The summed E-state index contributed by atoms with van der Waals surface area (Å²) >= 11 is 0.767. The number of fused-ring (bicyclic) bond motifs is 1. The first-order valence-corrected chi connectivity index (χ1v) is 9.79. The van der Waals surface area contributed by atoms with Gasteiger partial charge in [-0.2, -0.15) is 18.4 Å². The molecule has 0 saturated heterocycles. The highest BCUT2D eigenvalue weighted by Gasteiger charge is 2.36. The number of nitro benzene ring substituents is 1. The van der Waals surface area contributed by atoms with Gasteiger partial charge in [-0.3, -0.25) is 14.9 Å². The Hall–Kier alpha value is -3.13. The van der Waals surface area contributed by atoms with Crippen molar-refractivity contribution in [2.24, 2.45) is 0 Å². The first-order chi connectivity index (χ1) is 14.1. The van der Waals surface area contributed by atoms with Gasteiger partial charge in [-0.15, -0.1) is 0 Å². The molecule has 156 valence electrons. The van der Waals surface area contributed by atoms with Gasteiger partial charge in [0.25, 0.3) is 5.69 Å². The predicted octanol–water partition coefficient (Wildman–Crippen LogP) is 4.26. The molecule has 1 aromatic carbocycles. The van der Waals surface area contributed by atoms with E-state index in [0.29, 0.717) is 30.6 Å². The fourth-order valence-electron chi connectivity index (χ4n) is 3.24. The van der Waals surface area contributed by atoms with Gasteiger partial charge in [0, 0.05) is 30.1 Å². The highest BCUT2D eigenvalue weighted by molar-refractivity contribution is 8.00. The average molecular weight is 436 g/mol. The van der Waals surface area contributed by atoms with Crippen LogP contribution in [0.3, 0.4) is 0 Å². The maximum atomic E-state index is 13.2. The second-order valence-electron chi connectivity index (χ2n) is 6.61. The third kappa shape index (κ3) is 4.38. The number of non-ortho nitro benzene ring substituents is 1. The van der Waals surface area contributed by atoms with Gasteiger partial charge in [-0.1, -0.05) is 11.8 Å². The lowest BCUT2D eigenvalue weighted by Crippen LogP contribution is -2.36. The molecule has 0 atom stereocenters. The Balaban J connectivity index is 1.84. The summed E-state index contributed by atoms with van der Waals surface area (Å²) in [6.45, 7) is 1.78. The van der Waals surface area contributed by atoms with Crippen molar-refractivity contribution in [1.82, 2.24) is 4.98 Å². The number of nitriles is 1. The van der Waals surface area contributed by atoms with E-state index in [1.54, 1.807) is 6.07 Å². The van der Waals surface area contributed by atoms with Crippen LogP contribution < -0.4 is 4.90 Å². The first kappa shape index (κ1) is 21.6. The van der Waals surface area contributed by atoms with E-state index in [0.717, 1.165) is 17.8 Å². The summed E-state index contributed by atoms with van der Waals surface area (Å²) < 4.78 is 39.7. The Morgan fingerprint density at radius 1 is 1.40 bits per heavy atom. The lowest BCUT2D eigenvalue weighted by Gasteiger charge is -2.29. The van der Waals surface area contributed by atoms with Crippen molar-refractivity contribution in [1.29, 1.82) is 5.26 Å². The Labute approximate surface area is 173 Å². The number of anilines is 1. The predicted molar refractivity (Wildman–Crippen MR) is 103 cm³/mol. The maximum Gasteiger partial charge on any atom is 0.417 e. The van der Waals surface area contributed by atoms with Crippen molar-refractivity contribution in [2.75, 3.05) is 17.2 Å². The number of amides is 1. The molecule has 0 radical (unpaired) electrons. The molecule has 11 heteroatoms. The van der Waals surface area contributed by atoms with Gasteiger partial charge in [0.15, 0.2) is 0 Å². The zero-order valence-corrected chi connectivity index (χ0v) is 16.5. The van der Waals surface area contributed by atoms with Crippen LogP contribution in [0.15, 0.2) is 29.3 Å². The monoisotopic (exact) mass is 436 g/mol. The van der Waals surface area contributed by atoms with Gasteiger partial charge < -0.3 is 4.90 Å². The molecule has 1 aliphatic rings. The van der Waals surface area contributed by atoms with E-state index in [2.05, 4.69) is 4.98 Å². The Kier molecular flexibility index (Phi) is 5.98. The highest BCUT2D eigenvalue weighted by atomic mass is 32.2. The van der Waals surface area contributed by atoms with Gasteiger partial charge >= 0.3 is 6.18 Å². The lowest BCUT2D eigenvalue weighted by molar-refractivity contribution is -0.384. The van der Waals surface area contributed by atoms with Gasteiger partial charge in [-0.05, 0) is 37.5 Å². The van der Waals surface area contributed by atoms with E-state index < -0.39 is 22.2 Å². The first-order valence-electron chi connectivity index (χ1n) is 8.81. The lowest BCUT2D eigenvalue weighted by atomic mass is 10.0. The summed E-state index contributed by atoms with van der Waals surface area (Å²) in [7, 11) is 0. The molecule has 3 rings (SSSR count). The SMILES string of the molecule is Cc1cc(C(F)(F)F)c(C#N)c(SCC(=O)N2CCCc3cc([N+](=O)[O-])ccc32)n1. The van der Waals surface area contributed by atoms with Crippen LogP contribution >= 0.6 is 11.8 Å². The molecular weight excluding hydrogens is 421 g/mol. The van der Waals surface area contributed by atoms with Crippen LogP contribution in [0.1, 0.15) is 28.8 Å². The average Bonchev–Trinajstić information content (AvgIpc) is 2.69. The van der Waals surface area contributed by atoms with Crippen molar-refractivity contribution in [3.8, 4) is 6.07 Å². The van der Waals surface area contributed by atoms with E-state index in [-0.39, 0.29) is 28.1 Å². The number of benzene rings is 1. The second kappa shape index (κ2) is 8.31. The minimum absolute atomic E-state index is 0.0697. The fraction of sp³-hybridized carbons (Fsp3) is 0.316. The van der Waals surface area contributed by atoms with Crippen LogP contribution in [0, 0.1) is 28.4 Å². The van der Waals surface area contributed by atoms with Gasteiger partial charge in [0.2, 0.25) is 5.91 Å². The van der Waals surface area contributed by atoms with Gasteiger partial charge in [-0.25, -0.2) is 4.98 Å². The van der Waals surface area contributed by atoms with E-state index >= 15 is 0 Å². The number of halogens is 3. The number of carbonyl (C=O) groups is 1. The minimum atomic E-state index is -4.71. The minimum Gasteiger partial charge on any atom is -0.311 e. The largest absolute Gasteiger partial charge is 0.417 e. The van der Waals surface area contributed by atoms with E-state index in [1.165, 1.54) is 30.0 Å². The summed E-state index contributed by atoms with van der Waals surface area (Å²) in [5.74, 6) is -0.602. The Morgan fingerprint density at radius 2 is 2.13 bits per heavy atom. The van der Waals surface area contributed by atoms with E-state index in [9.17, 15) is 33.3 Å². The zero-order valence-electron chi connectivity index (χ0n) is 15.7. The molecule has 0 N–H and O–H groups in total. The van der Waals surface area contributed by atoms with Crippen LogP contribution in [0.5, 0.6) is 0 Å². The number of hydrogen-bond donors (Lipinski definition) is 0. The smallest absolute Gasteiger partial charge is 0.311 e. The van der Waals surface area contributed by atoms with E-state index in [1.807, 2.05) is 0 Å². The molecule has 7 nitrogen and oxygen atoms in total. The molecule has 0 spiro atoms. The number of aromatic nitrogens is 1. The number of nitro groups is 1. The molecule has 1 aromatic heterocycles. The molecule has 1 amide bonds. The normalized spacial score (nSPS) is 13.5. The molecule has 0 fully saturated rings. The zero-order chi connectivity index (χ0) is 22.1. The number of pyridine rings is 1. The van der Waals surface area contributed by atoms with Gasteiger partial charge in [0.05, 0.1) is 21.8 Å². The van der Waals surface area contributed by atoms with Crippen LogP contribution in [-0.2, 0) is 17.4 Å². The number of alkyl halides is 3. The van der Waals surface area contributed by atoms with Crippen LogP contribution in [0.2, 0.25) is 0 Å². The van der Waals surface area contributed by atoms with Crippen molar-refractivity contribution >= 4 is 29.0 Å². The number of thioether (sulfide) groups is 1. The Bertz CT molecular complexity index is 1070. The fourth-order valence-corrected chi connectivity index (χ4v) is 4.17. The van der Waals surface area contributed by atoms with E-state index in [4.69, 9.17) is 0 Å². The van der Waals surface area contributed by atoms with Crippen molar-refractivity contribution < 1.29 is 22.9 Å². The molecule has 1 aliphatic heterocycles. The molecule has 0 aliphatic carbocycles. The van der Waals surface area contributed by atoms with Crippen LogP contribution in [0.25, 0.3) is 0 Å². The topological polar surface area (TPSA) is 100 Å². The quantitative estimate of drug-likeness (QED) is 0.403. The molecule has 2 aromatic rings. The van der Waals surface area contributed by atoms with Crippen LogP contribution in [0.4, 0.5) is 24.5 Å². The number of rotatable bonds is 4. The molecule has 2 heterocycles.